The summed E-state index contributed by atoms with van der Waals surface area (Å²) in [6.07, 6.45) is 0. The highest BCUT2D eigenvalue weighted by Gasteiger charge is 2.01. The highest BCUT2D eigenvalue weighted by Crippen LogP contribution is 2.16. The summed E-state index contributed by atoms with van der Waals surface area (Å²) in [7, 11) is 0. The Morgan fingerprint density at radius 3 is 2.30 bits per heavy atom. The van der Waals surface area contributed by atoms with E-state index in [1.165, 1.54) is 6.92 Å². The molecule has 0 spiro atoms. The quantitative estimate of drug-likeness (QED) is 0.589. The molecular formula is C16H15BrO3. The molecule has 4 heteroatoms. The molecule has 104 valence electrons. The summed E-state index contributed by atoms with van der Waals surface area (Å²) in [6.45, 7) is 2.42. The van der Waals surface area contributed by atoms with Gasteiger partial charge in [0.15, 0.2) is 5.78 Å². The van der Waals surface area contributed by atoms with E-state index in [1.807, 2.05) is 36.4 Å². The zero-order chi connectivity index (χ0) is 14.4. The zero-order valence-corrected chi connectivity index (χ0v) is 12.7. The molecule has 0 atom stereocenters. The molecule has 2 aromatic rings. The summed E-state index contributed by atoms with van der Waals surface area (Å²) in [5.41, 5.74) is 0.649. The van der Waals surface area contributed by atoms with Gasteiger partial charge in [0.2, 0.25) is 0 Å². The predicted molar refractivity (Wildman–Crippen MR) is 81.6 cm³/mol. The monoisotopic (exact) mass is 334 g/mol. The van der Waals surface area contributed by atoms with Crippen LogP contribution in [0, 0.1) is 0 Å². The van der Waals surface area contributed by atoms with Crippen LogP contribution >= 0.6 is 15.9 Å². The number of benzene rings is 2. The molecule has 0 aliphatic heterocycles. The Labute approximate surface area is 126 Å². The van der Waals surface area contributed by atoms with E-state index in [4.69, 9.17) is 9.47 Å². The number of ketones is 1. The number of carbonyl (C=O) groups excluding carboxylic acids is 1. The van der Waals surface area contributed by atoms with E-state index < -0.39 is 0 Å². The minimum Gasteiger partial charge on any atom is -0.490 e. The number of hydrogen-bond donors (Lipinski definition) is 0. The Morgan fingerprint density at radius 2 is 1.65 bits per heavy atom. The molecule has 3 nitrogen and oxygen atoms in total. The van der Waals surface area contributed by atoms with Crippen molar-refractivity contribution in [2.24, 2.45) is 0 Å². The highest BCUT2D eigenvalue weighted by molar-refractivity contribution is 9.10. The van der Waals surface area contributed by atoms with Crippen molar-refractivity contribution in [2.75, 3.05) is 13.2 Å². The zero-order valence-electron chi connectivity index (χ0n) is 11.1. The third-order valence-electron chi connectivity index (χ3n) is 2.67. The lowest BCUT2D eigenvalue weighted by Gasteiger charge is -2.09. The van der Waals surface area contributed by atoms with Gasteiger partial charge in [0.05, 0.1) is 0 Å². The molecule has 0 N–H and O–H groups in total. The van der Waals surface area contributed by atoms with E-state index >= 15 is 0 Å². The Morgan fingerprint density at radius 1 is 1.00 bits per heavy atom. The molecule has 0 saturated carbocycles. The lowest BCUT2D eigenvalue weighted by atomic mass is 10.1. The van der Waals surface area contributed by atoms with Crippen molar-refractivity contribution in [3.63, 3.8) is 0 Å². The molecule has 0 aliphatic rings. The standard InChI is InChI=1S/C16H15BrO3/c1-12(18)13-3-2-4-16(11-13)20-10-9-19-15-7-5-14(17)6-8-15/h2-8,11H,9-10H2,1H3. The van der Waals surface area contributed by atoms with Crippen molar-refractivity contribution < 1.29 is 14.3 Å². The number of halogens is 1. The van der Waals surface area contributed by atoms with Gasteiger partial charge in [0.1, 0.15) is 24.7 Å². The molecule has 0 amide bonds. The van der Waals surface area contributed by atoms with Gasteiger partial charge in [-0.2, -0.15) is 0 Å². The molecule has 0 aromatic heterocycles. The van der Waals surface area contributed by atoms with Gasteiger partial charge in [-0.25, -0.2) is 0 Å². The van der Waals surface area contributed by atoms with Crippen molar-refractivity contribution in [1.29, 1.82) is 0 Å². The molecule has 0 bridgehead atoms. The van der Waals surface area contributed by atoms with Gasteiger partial charge in [-0.3, -0.25) is 4.79 Å². The van der Waals surface area contributed by atoms with Gasteiger partial charge in [-0.05, 0) is 43.3 Å². The summed E-state index contributed by atoms with van der Waals surface area (Å²) in [5, 5.41) is 0. The topological polar surface area (TPSA) is 35.5 Å². The fourth-order valence-corrected chi connectivity index (χ4v) is 1.92. The second-order valence-electron chi connectivity index (χ2n) is 4.23. The van der Waals surface area contributed by atoms with E-state index in [0.717, 1.165) is 10.2 Å². The van der Waals surface area contributed by atoms with Crippen LogP contribution in [0.5, 0.6) is 11.5 Å². The number of hydrogen-bond acceptors (Lipinski definition) is 3. The molecule has 0 heterocycles. The van der Waals surface area contributed by atoms with Gasteiger partial charge >= 0.3 is 0 Å². The molecule has 20 heavy (non-hydrogen) atoms. The third-order valence-corrected chi connectivity index (χ3v) is 3.20. The molecule has 2 rings (SSSR count). The maximum Gasteiger partial charge on any atom is 0.159 e. The van der Waals surface area contributed by atoms with Gasteiger partial charge in [0, 0.05) is 10.0 Å². The summed E-state index contributed by atoms with van der Waals surface area (Å²) in [6, 6.07) is 14.8. The van der Waals surface area contributed by atoms with Crippen molar-refractivity contribution in [1.82, 2.24) is 0 Å². The minimum atomic E-state index is 0.0292. The van der Waals surface area contributed by atoms with E-state index in [-0.39, 0.29) is 5.78 Å². The van der Waals surface area contributed by atoms with Gasteiger partial charge < -0.3 is 9.47 Å². The third kappa shape index (κ3) is 4.38. The number of rotatable bonds is 6. The van der Waals surface area contributed by atoms with E-state index in [9.17, 15) is 4.79 Å². The largest absolute Gasteiger partial charge is 0.490 e. The average Bonchev–Trinajstić information content (AvgIpc) is 2.46. The number of carbonyl (C=O) groups is 1. The van der Waals surface area contributed by atoms with Crippen LogP contribution in [0.1, 0.15) is 17.3 Å². The highest BCUT2D eigenvalue weighted by atomic mass is 79.9. The predicted octanol–water partition coefficient (Wildman–Crippen LogP) is 4.11. The number of ether oxygens (including phenoxy) is 2. The van der Waals surface area contributed by atoms with Gasteiger partial charge in [-0.15, -0.1) is 0 Å². The molecule has 0 unspecified atom stereocenters. The Bertz CT molecular complexity index is 579. The average molecular weight is 335 g/mol. The normalized spacial score (nSPS) is 10.1. The summed E-state index contributed by atoms with van der Waals surface area (Å²) in [4.78, 5) is 11.3. The lowest BCUT2D eigenvalue weighted by molar-refractivity contribution is 0.101. The fourth-order valence-electron chi connectivity index (χ4n) is 1.65. The smallest absolute Gasteiger partial charge is 0.159 e. The molecule has 0 saturated heterocycles. The van der Waals surface area contributed by atoms with Crippen LogP contribution in [-0.2, 0) is 0 Å². The van der Waals surface area contributed by atoms with Crippen molar-refractivity contribution in [3.05, 3.63) is 58.6 Å². The van der Waals surface area contributed by atoms with Crippen molar-refractivity contribution in [2.45, 2.75) is 6.92 Å². The van der Waals surface area contributed by atoms with Gasteiger partial charge in [0.25, 0.3) is 0 Å². The van der Waals surface area contributed by atoms with E-state index in [1.54, 1.807) is 12.1 Å². The van der Waals surface area contributed by atoms with Crippen LogP contribution in [0.3, 0.4) is 0 Å². The second kappa shape index (κ2) is 7.10. The molecule has 0 radical (unpaired) electrons. The van der Waals surface area contributed by atoms with Crippen molar-refractivity contribution >= 4 is 21.7 Å². The van der Waals surface area contributed by atoms with Crippen LogP contribution in [0.15, 0.2) is 53.0 Å². The van der Waals surface area contributed by atoms with Crippen LogP contribution in [0.4, 0.5) is 0 Å². The minimum absolute atomic E-state index is 0.0292. The first-order chi connectivity index (χ1) is 9.65. The van der Waals surface area contributed by atoms with Crippen molar-refractivity contribution in [3.8, 4) is 11.5 Å². The molecule has 0 fully saturated rings. The Kier molecular flexibility index (Phi) is 5.18. The second-order valence-corrected chi connectivity index (χ2v) is 5.15. The SMILES string of the molecule is CC(=O)c1cccc(OCCOc2ccc(Br)cc2)c1. The summed E-state index contributed by atoms with van der Waals surface area (Å²) < 4.78 is 12.1. The number of Topliss-reactive ketones (excluding diaryl/α,β-unsaturated/α-hetero) is 1. The fraction of sp³-hybridized carbons (Fsp3) is 0.188. The van der Waals surface area contributed by atoms with E-state index in [0.29, 0.717) is 24.5 Å². The summed E-state index contributed by atoms with van der Waals surface area (Å²) in [5.74, 6) is 1.51. The maximum atomic E-state index is 11.3. The Balaban J connectivity index is 1.79. The van der Waals surface area contributed by atoms with E-state index in [2.05, 4.69) is 15.9 Å². The molecular weight excluding hydrogens is 320 g/mol. The van der Waals surface area contributed by atoms with Crippen LogP contribution in [-0.4, -0.2) is 19.0 Å². The first-order valence-electron chi connectivity index (χ1n) is 6.27. The first kappa shape index (κ1) is 14.6. The van der Waals surface area contributed by atoms with Gasteiger partial charge in [-0.1, -0.05) is 28.1 Å². The van der Waals surface area contributed by atoms with Crippen LogP contribution < -0.4 is 9.47 Å². The summed E-state index contributed by atoms with van der Waals surface area (Å²) >= 11 is 3.37. The molecule has 0 aliphatic carbocycles. The Hall–Kier alpha value is -1.81. The maximum absolute atomic E-state index is 11.3. The van der Waals surface area contributed by atoms with Crippen LogP contribution in [0.2, 0.25) is 0 Å². The first-order valence-corrected chi connectivity index (χ1v) is 7.06. The van der Waals surface area contributed by atoms with Crippen LogP contribution in [0.25, 0.3) is 0 Å². The molecule has 2 aromatic carbocycles. The lowest BCUT2D eigenvalue weighted by Crippen LogP contribution is -2.09.